The molecule has 0 aromatic heterocycles. The second-order valence-electron chi connectivity index (χ2n) is 6.07. The molecule has 0 heterocycles. The maximum atomic E-state index is 12.4. The fraction of sp³-hybridized carbons (Fsp3) is 0.600. The van der Waals surface area contributed by atoms with Crippen molar-refractivity contribution in [3.05, 3.63) is 29.8 Å². The zero-order chi connectivity index (χ0) is 15.4. The van der Waals surface area contributed by atoms with Gasteiger partial charge in [0.05, 0.1) is 12.2 Å². The van der Waals surface area contributed by atoms with Crippen molar-refractivity contribution in [1.29, 1.82) is 0 Å². The average Bonchev–Trinajstić information content (AvgIpc) is 2.32. The summed E-state index contributed by atoms with van der Waals surface area (Å²) in [6.07, 6.45) is -4.30. The van der Waals surface area contributed by atoms with Gasteiger partial charge in [0, 0.05) is 18.0 Å². The van der Waals surface area contributed by atoms with E-state index in [1.807, 2.05) is 6.92 Å². The Hall–Kier alpha value is -1.23. The van der Waals surface area contributed by atoms with Gasteiger partial charge < -0.3 is 10.1 Å². The van der Waals surface area contributed by atoms with E-state index in [9.17, 15) is 13.2 Å². The fourth-order valence-corrected chi connectivity index (χ4v) is 1.52. The first-order chi connectivity index (χ1) is 9.08. The molecule has 1 atom stereocenters. The van der Waals surface area contributed by atoms with Crippen LogP contribution in [0.15, 0.2) is 24.3 Å². The van der Waals surface area contributed by atoms with Crippen LogP contribution in [0.1, 0.15) is 33.3 Å². The molecule has 1 unspecified atom stereocenters. The summed E-state index contributed by atoms with van der Waals surface area (Å²) >= 11 is 0. The van der Waals surface area contributed by atoms with Crippen LogP contribution in [-0.4, -0.2) is 18.7 Å². The Labute approximate surface area is 118 Å². The smallest absolute Gasteiger partial charge is 0.416 e. The number of rotatable bonds is 5. The van der Waals surface area contributed by atoms with Gasteiger partial charge in [0.25, 0.3) is 0 Å². The minimum absolute atomic E-state index is 0.0443. The van der Waals surface area contributed by atoms with Crippen LogP contribution in [0.2, 0.25) is 0 Å². The lowest BCUT2D eigenvalue weighted by atomic mass is 10.1. The number of halogens is 3. The van der Waals surface area contributed by atoms with Gasteiger partial charge in [0.2, 0.25) is 0 Å². The summed E-state index contributed by atoms with van der Waals surface area (Å²) in [4.78, 5) is 0. The van der Waals surface area contributed by atoms with Gasteiger partial charge in [-0.25, -0.2) is 0 Å². The molecule has 114 valence electrons. The first-order valence-electron chi connectivity index (χ1n) is 6.63. The first-order valence-corrected chi connectivity index (χ1v) is 6.63. The highest BCUT2D eigenvalue weighted by molar-refractivity contribution is 5.28. The van der Waals surface area contributed by atoms with Crippen molar-refractivity contribution < 1.29 is 17.9 Å². The Kier molecular flexibility index (Phi) is 5.45. The van der Waals surface area contributed by atoms with E-state index in [0.717, 1.165) is 18.7 Å². The highest BCUT2D eigenvalue weighted by Crippen LogP contribution is 2.30. The number of ether oxygens (including phenoxy) is 1. The van der Waals surface area contributed by atoms with Gasteiger partial charge in [0.15, 0.2) is 0 Å². The Morgan fingerprint density at radius 1 is 1.10 bits per heavy atom. The second kappa shape index (κ2) is 6.48. The average molecular weight is 289 g/mol. The molecule has 0 radical (unpaired) electrons. The molecule has 0 aliphatic heterocycles. The fourth-order valence-electron chi connectivity index (χ4n) is 1.52. The van der Waals surface area contributed by atoms with Crippen LogP contribution in [-0.2, 0) is 6.18 Å². The Balaban J connectivity index is 2.42. The Bertz CT molecular complexity index is 407. The molecule has 0 bridgehead atoms. The SMILES string of the molecule is CC(CNC(C)(C)C)COc1ccc(C(F)(F)F)cc1. The van der Waals surface area contributed by atoms with E-state index in [1.54, 1.807) is 0 Å². The summed E-state index contributed by atoms with van der Waals surface area (Å²) in [5.41, 5.74) is -0.616. The zero-order valence-electron chi connectivity index (χ0n) is 12.3. The molecule has 5 heteroatoms. The van der Waals surface area contributed by atoms with Gasteiger partial charge in [-0.05, 0) is 45.0 Å². The molecule has 1 N–H and O–H groups in total. The predicted octanol–water partition coefficient (Wildman–Crippen LogP) is 4.11. The van der Waals surface area contributed by atoms with Crippen molar-refractivity contribution in [1.82, 2.24) is 5.32 Å². The number of alkyl halides is 3. The van der Waals surface area contributed by atoms with Crippen LogP contribution >= 0.6 is 0 Å². The van der Waals surface area contributed by atoms with Gasteiger partial charge >= 0.3 is 6.18 Å². The Morgan fingerprint density at radius 2 is 1.65 bits per heavy atom. The molecule has 1 aromatic rings. The van der Waals surface area contributed by atoms with Crippen LogP contribution in [0.3, 0.4) is 0 Å². The van der Waals surface area contributed by atoms with Gasteiger partial charge in [-0.15, -0.1) is 0 Å². The molecule has 0 amide bonds. The quantitative estimate of drug-likeness (QED) is 0.881. The summed E-state index contributed by atoms with van der Waals surface area (Å²) in [6.45, 7) is 9.53. The van der Waals surface area contributed by atoms with E-state index >= 15 is 0 Å². The topological polar surface area (TPSA) is 21.3 Å². The van der Waals surface area contributed by atoms with Crippen LogP contribution in [0, 0.1) is 5.92 Å². The standard InChI is InChI=1S/C15H22F3NO/c1-11(9-19-14(2,3)4)10-20-13-7-5-12(6-8-13)15(16,17)18/h5-8,11,19H,9-10H2,1-4H3. The number of nitrogens with one attached hydrogen (secondary N) is 1. The van der Waals surface area contributed by atoms with E-state index < -0.39 is 11.7 Å². The zero-order valence-corrected chi connectivity index (χ0v) is 12.3. The van der Waals surface area contributed by atoms with Crippen molar-refractivity contribution in [3.63, 3.8) is 0 Å². The molecule has 20 heavy (non-hydrogen) atoms. The third-order valence-corrected chi connectivity index (χ3v) is 2.70. The van der Waals surface area contributed by atoms with E-state index in [2.05, 4.69) is 26.1 Å². The van der Waals surface area contributed by atoms with Crippen LogP contribution in [0.25, 0.3) is 0 Å². The maximum absolute atomic E-state index is 12.4. The van der Waals surface area contributed by atoms with Crippen molar-refractivity contribution >= 4 is 0 Å². The molecule has 2 nitrogen and oxygen atoms in total. The summed E-state index contributed by atoms with van der Waals surface area (Å²) in [6, 6.07) is 4.78. The second-order valence-corrected chi connectivity index (χ2v) is 6.07. The number of hydrogen-bond acceptors (Lipinski definition) is 2. The molecule has 0 aliphatic rings. The summed E-state index contributed by atoms with van der Waals surface area (Å²) in [7, 11) is 0. The van der Waals surface area contributed by atoms with E-state index in [1.165, 1.54) is 12.1 Å². The summed E-state index contributed by atoms with van der Waals surface area (Å²) < 4.78 is 42.7. The molecular weight excluding hydrogens is 267 g/mol. The maximum Gasteiger partial charge on any atom is 0.416 e. The van der Waals surface area contributed by atoms with Crippen molar-refractivity contribution in [2.75, 3.05) is 13.2 Å². The molecule has 0 spiro atoms. The number of benzene rings is 1. The highest BCUT2D eigenvalue weighted by Gasteiger charge is 2.30. The highest BCUT2D eigenvalue weighted by atomic mass is 19.4. The van der Waals surface area contributed by atoms with Crippen LogP contribution in [0.4, 0.5) is 13.2 Å². The molecule has 1 rings (SSSR count). The molecule has 0 saturated carbocycles. The normalized spacial score (nSPS) is 14.2. The predicted molar refractivity (Wildman–Crippen MR) is 73.9 cm³/mol. The molecule has 0 fully saturated rings. The summed E-state index contributed by atoms with van der Waals surface area (Å²) in [5, 5.41) is 3.36. The van der Waals surface area contributed by atoms with Crippen molar-refractivity contribution in [2.24, 2.45) is 5.92 Å². The van der Waals surface area contributed by atoms with Crippen LogP contribution in [0.5, 0.6) is 5.75 Å². The monoisotopic (exact) mass is 289 g/mol. The lowest BCUT2D eigenvalue weighted by Crippen LogP contribution is -2.39. The lowest BCUT2D eigenvalue weighted by Gasteiger charge is -2.23. The van der Waals surface area contributed by atoms with Gasteiger partial charge in [-0.2, -0.15) is 13.2 Å². The molecular formula is C15H22F3NO. The van der Waals surface area contributed by atoms with Crippen LogP contribution < -0.4 is 10.1 Å². The van der Waals surface area contributed by atoms with E-state index in [-0.39, 0.29) is 11.5 Å². The summed E-state index contributed by atoms with van der Waals surface area (Å²) in [5.74, 6) is 0.733. The van der Waals surface area contributed by atoms with Gasteiger partial charge in [0.1, 0.15) is 5.75 Å². The minimum atomic E-state index is -4.30. The van der Waals surface area contributed by atoms with E-state index in [0.29, 0.717) is 12.4 Å². The first kappa shape index (κ1) is 16.8. The largest absolute Gasteiger partial charge is 0.493 e. The third kappa shape index (κ3) is 6.28. The van der Waals surface area contributed by atoms with Gasteiger partial charge in [-0.1, -0.05) is 6.92 Å². The van der Waals surface area contributed by atoms with Crippen molar-refractivity contribution in [2.45, 2.75) is 39.4 Å². The number of hydrogen-bond donors (Lipinski definition) is 1. The molecule has 1 aromatic carbocycles. The molecule has 0 aliphatic carbocycles. The van der Waals surface area contributed by atoms with E-state index in [4.69, 9.17) is 4.74 Å². The minimum Gasteiger partial charge on any atom is -0.493 e. The van der Waals surface area contributed by atoms with Gasteiger partial charge in [-0.3, -0.25) is 0 Å². The Morgan fingerprint density at radius 3 is 2.10 bits per heavy atom. The molecule has 0 saturated heterocycles. The lowest BCUT2D eigenvalue weighted by molar-refractivity contribution is -0.137. The van der Waals surface area contributed by atoms with Crippen molar-refractivity contribution in [3.8, 4) is 5.75 Å². The third-order valence-electron chi connectivity index (χ3n) is 2.70.